The number of nitrogens with one attached hydrogen (secondary N) is 1. The number of hydrogen-bond donors (Lipinski definition) is 1. The number of pyridine rings is 1. The van der Waals surface area contributed by atoms with Gasteiger partial charge in [-0.2, -0.15) is 0 Å². The highest BCUT2D eigenvalue weighted by Gasteiger charge is 2.32. The van der Waals surface area contributed by atoms with Gasteiger partial charge in [0, 0.05) is 33.3 Å². The molecule has 1 saturated heterocycles. The number of likely N-dealkylation sites (N-methyl/N-ethyl adjacent to an activating group) is 1. The first kappa shape index (κ1) is 16.5. The van der Waals surface area contributed by atoms with Gasteiger partial charge in [-0.1, -0.05) is 0 Å². The molecule has 2 aliphatic rings. The molecule has 0 unspecified atom stereocenters. The van der Waals surface area contributed by atoms with E-state index in [-0.39, 0.29) is 23.4 Å². The van der Waals surface area contributed by atoms with Gasteiger partial charge in [-0.25, -0.2) is 4.98 Å². The molecule has 130 valence electrons. The summed E-state index contributed by atoms with van der Waals surface area (Å²) in [6, 6.07) is 1.82. The lowest BCUT2D eigenvalue weighted by Gasteiger charge is -2.32. The topological polar surface area (TPSA) is 74.8 Å². The van der Waals surface area contributed by atoms with Crippen molar-refractivity contribution in [3.05, 3.63) is 17.8 Å². The van der Waals surface area contributed by atoms with Gasteiger partial charge in [-0.15, -0.1) is 0 Å². The van der Waals surface area contributed by atoms with Crippen LogP contribution in [-0.4, -0.2) is 64.9 Å². The van der Waals surface area contributed by atoms with Gasteiger partial charge in [-0.05, 0) is 26.3 Å². The van der Waals surface area contributed by atoms with E-state index in [1.165, 1.54) is 0 Å². The summed E-state index contributed by atoms with van der Waals surface area (Å²) in [6.45, 7) is 7.33. The third-order valence-corrected chi connectivity index (χ3v) is 4.64. The molecule has 0 spiro atoms. The maximum absolute atomic E-state index is 12.7. The van der Waals surface area contributed by atoms with Crippen LogP contribution in [0.1, 0.15) is 37.6 Å². The Hall–Kier alpha value is -2.31. The summed E-state index contributed by atoms with van der Waals surface area (Å²) >= 11 is 0. The van der Waals surface area contributed by atoms with Gasteiger partial charge in [0.2, 0.25) is 5.91 Å². The first-order valence-electron chi connectivity index (χ1n) is 8.20. The molecule has 0 saturated carbocycles. The summed E-state index contributed by atoms with van der Waals surface area (Å²) < 4.78 is 5.73. The van der Waals surface area contributed by atoms with Crippen molar-refractivity contribution in [3.8, 4) is 5.75 Å². The molecule has 1 N–H and O–H groups in total. The van der Waals surface area contributed by atoms with Gasteiger partial charge in [0.1, 0.15) is 6.61 Å². The average molecular weight is 332 g/mol. The highest BCUT2D eigenvalue weighted by molar-refractivity contribution is 5.95. The number of anilines is 1. The van der Waals surface area contributed by atoms with E-state index in [2.05, 4.69) is 10.3 Å². The molecule has 1 aromatic rings. The van der Waals surface area contributed by atoms with E-state index >= 15 is 0 Å². The van der Waals surface area contributed by atoms with Crippen molar-refractivity contribution in [1.29, 1.82) is 0 Å². The molecular formula is C17H24N4O3. The zero-order valence-corrected chi connectivity index (χ0v) is 14.6. The maximum Gasteiger partial charge on any atom is 0.255 e. The molecular weight excluding hydrogens is 308 g/mol. The number of amides is 2. The molecule has 0 bridgehead atoms. The van der Waals surface area contributed by atoms with Crippen molar-refractivity contribution in [1.82, 2.24) is 14.8 Å². The molecule has 2 amide bonds. The van der Waals surface area contributed by atoms with Crippen LogP contribution >= 0.6 is 0 Å². The fourth-order valence-corrected chi connectivity index (χ4v) is 3.06. The third-order valence-electron chi connectivity index (χ3n) is 4.64. The quantitative estimate of drug-likeness (QED) is 0.885. The Bertz CT molecular complexity index is 674. The first-order chi connectivity index (χ1) is 11.3. The second-order valence-electron chi connectivity index (χ2n) is 7.19. The van der Waals surface area contributed by atoms with Crippen molar-refractivity contribution in [3.63, 3.8) is 0 Å². The third kappa shape index (κ3) is 3.16. The number of fused-ring (bicyclic) bond motifs is 1. The van der Waals surface area contributed by atoms with Gasteiger partial charge in [-0.3, -0.25) is 9.59 Å². The van der Waals surface area contributed by atoms with Crippen molar-refractivity contribution in [2.45, 2.75) is 38.8 Å². The average Bonchev–Trinajstić information content (AvgIpc) is 3.01. The minimum atomic E-state index is -0.176. The Morgan fingerprint density at radius 1 is 1.46 bits per heavy atom. The smallest absolute Gasteiger partial charge is 0.255 e. The Kier molecular flexibility index (Phi) is 4.11. The molecule has 0 aromatic carbocycles. The first-order valence-corrected chi connectivity index (χ1v) is 8.20. The molecule has 1 fully saturated rings. The van der Waals surface area contributed by atoms with Gasteiger partial charge in [0.15, 0.2) is 11.6 Å². The van der Waals surface area contributed by atoms with Crippen LogP contribution in [0.3, 0.4) is 0 Å². The zero-order chi connectivity index (χ0) is 17.5. The molecule has 24 heavy (non-hydrogen) atoms. The summed E-state index contributed by atoms with van der Waals surface area (Å²) in [4.78, 5) is 32.0. The lowest BCUT2D eigenvalue weighted by atomic mass is 10.1. The Labute approximate surface area is 142 Å². The predicted octanol–water partition coefficient (Wildman–Crippen LogP) is 1.36. The number of carbonyl (C=O) groups excluding carboxylic acids is 2. The largest absolute Gasteiger partial charge is 0.487 e. The standard InChI is InChI=1S/C17H24N4O3/c1-11(22)20(4)13-5-6-21(9-13)16(23)12-7-14-15(18-8-12)19-17(2,3)10-24-14/h7-8,13H,5-6,9-10H2,1-4H3,(H,18,19)/t13-/m0/s1. The minimum absolute atomic E-state index is 0.0202. The SMILES string of the molecule is CC(=O)N(C)[C@H]1CCN(C(=O)c2cnc3c(c2)OCC(C)(C)N3)C1. The summed E-state index contributed by atoms with van der Waals surface area (Å²) in [6.07, 6.45) is 2.38. The van der Waals surface area contributed by atoms with Crippen LogP contribution in [0.15, 0.2) is 12.3 Å². The van der Waals surface area contributed by atoms with Crippen molar-refractivity contribution < 1.29 is 14.3 Å². The lowest BCUT2D eigenvalue weighted by Crippen LogP contribution is -2.41. The van der Waals surface area contributed by atoms with E-state index in [9.17, 15) is 9.59 Å². The number of hydrogen-bond acceptors (Lipinski definition) is 5. The van der Waals surface area contributed by atoms with Crippen molar-refractivity contribution in [2.75, 3.05) is 32.1 Å². The van der Waals surface area contributed by atoms with Crippen molar-refractivity contribution in [2.24, 2.45) is 0 Å². The minimum Gasteiger partial charge on any atom is -0.487 e. The molecule has 0 radical (unpaired) electrons. The van der Waals surface area contributed by atoms with E-state index in [0.717, 1.165) is 6.42 Å². The van der Waals surface area contributed by atoms with E-state index in [4.69, 9.17) is 4.74 Å². The van der Waals surface area contributed by atoms with Crippen LogP contribution < -0.4 is 10.1 Å². The summed E-state index contributed by atoms with van der Waals surface area (Å²) in [5, 5.41) is 3.30. The van der Waals surface area contributed by atoms with E-state index in [0.29, 0.717) is 36.8 Å². The molecule has 1 aromatic heterocycles. The zero-order valence-electron chi connectivity index (χ0n) is 14.6. The van der Waals surface area contributed by atoms with Gasteiger partial charge in [0.25, 0.3) is 5.91 Å². The van der Waals surface area contributed by atoms with Crippen LogP contribution in [0, 0.1) is 0 Å². The number of aromatic nitrogens is 1. The van der Waals surface area contributed by atoms with Crippen molar-refractivity contribution >= 4 is 17.6 Å². The van der Waals surface area contributed by atoms with Gasteiger partial charge in [0.05, 0.1) is 17.1 Å². The second kappa shape index (κ2) is 5.96. The summed E-state index contributed by atoms with van der Waals surface area (Å²) in [5.74, 6) is 1.22. The van der Waals surface area contributed by atoms with E-state index < -0.39 is 0 Å². The molecule has 7 nitrogen and oxygen atoms in total. The van der Waals surface area contributed by atoms with Crippen LogP contribution in [0.25, 0.3) is 0 Å². The molecule has 0 aliphatic carbocycles. The Morgan fingerprint density at radius 2 is 2.21 bits per heavy atom. The monoisotopic (exact) mass is 332 g/mol. The Morgan fingerprint density at radius 3 is 2.92 bits per heavy atom. The number of ether oxygens (including phenoxy) is 1. The number of rotatable bonds is 2. The molecule has 7 heteroatoms. The van der Waals surface area contributed by atoms with Gasteiger partial charge < -0.3 is 19.9 Å². The Balaban J connectivity index is 1.72. The maximum atomic E-state index is 12.7. The number of likely N-dealkylation sites (tertiary alicyclic amines) is 1. The number of nitrogens with zero attached hydrogens (tertiary/aromatic N) is 3. The van der Waals surface area contributed by atoms with Crippen LogP contribution in [0.4, 0.5) is 5.82 Å². The molecule has 3 heterocycles. The fraction of sp³-hybridized carbons (Fsp3) is 0.588. The predicted molar refractivity (Wildman–Crippen MR) is 90.2 cm³/mol. The van der Waals surface area contributed by atoms with Gasteiger partial charge >= 0.3 is 0 Å². The lowest BCUT2D eigenvalue weighted by molar-refractivity contribution is -0.129. The van der Waals surface area contributed by atoms with E-state index in [1.54, 1.807) is 36.0 Å². The molecule has 2 aliphatic heterocycles. The summed E-state index contributed by atoms with van der Waals surface area (Å²) in [7, 11) is 1.78. The second-order valence-corrected chi connectivity index (χ2v) is 7.19. The summed E-state index contributed by atoms with van der Waals surface area (Å²) in [5.41, 5.74) is 0.340. The highest BCUT2D eigenvalue weighted by atomic mass is 16.5. The normalized spacial score (nSPS) is 21.5. The number of carbonyl (C=O) groups is 2. The van der Waals surface area contributed by atoms with Crippen LogP contribution in [0.2, 0.25) is 0 Å². The molecule has 1 atom stereocenters. The van der Waals surface area contributed by atoms with E-state index in [1.807, 2.05) is 13.8 Å². The molecule has 3 rings (SSSR count). The van der Waals surface area contributed by atoms with Crippen LogP contribution in [0.5, 0.6) is 5.75 Å². The van der Waals surface area contributed by atoms with Crippen LogP contribution in [-0.2, 0) is 4.79 Å². The highest BCUT2D eigenvalue weighted by Crippen LogP contribution is 2.31. The fourth-order valence-electron chi connectivity index (χ4n) is 3.06.